The third kappa shape index (κ3) is 4.99. The lowest BCUT2D eigenvalue weighted by Gasteiger charge is -2.48. The van der Waals surface area contributed by atoms with Gasteiger partial charge in [0, 0.05) is 38.9 Å². The second kappa shape index (κ2) is 8.98. The van der Waals surface area contributed by atoms with Gasteiger partial charge < -0.3 is 15.2 Å². The molecule has 0 bridgehead atoms. The predicted molar refractivity (Wildman–Crippen MR) is 84.0 cm³/mol. The molecule has 4 heteroatoms. The first-order valence-corrected chi connectivity index (χ1v) is 8.13. The normalized spacial score (nSPS) is 27.4. The monoisotopic (exact) mass is 286 g/mol. The average Bonchev–Trinajstić information content (AvgIpc) is 2.43. The zero-order chi connectivity index (χ0) is 15.0. The highest BCUT2D eigenvalue weighted by molar-refractivity contribution is 4.96. The van der Waals surface area contributed by atoms with Gasteiger partial charge in [-0.15, -0.1) is 0 Å². The summed E-state index contributed by atoms with van der Waals surface area (Å²) in [5.41, 5.74) is 6.31. The smallest absolute Gasteiger partial charge is 0.0593 e. The van der Waals surface area contributed by atoms with Crippen LogP contribution in [0.5, 0.6) is 0 Å². The molecule has 1 aliphatic rings. The van der Waals surface area contributed by atoms with Crippen LogP contribution in [0.15, 0.2) is 0 Å². The van der Waals surface area contributed by atoms with Gasteiger partial charge in [0.15, 0.2) is 0 Å². The second-order valence-electron chi connectivity index (χ2n) is 6.50. The van der Waals surface area contributed by atoms with E-state index in [1.165, 1.54) is 6.42 Å². The maximum Gasteiger partial charge on any atom is 0.0593 e. The van der Waals surface area contributed by atoms with Crippen LogP contribution in [0.25, 0.3) is 0 Å². The van der Waals surface area contributed by atoms with Crippen molar-refractivity contribution < 1.29 is 9.47 Å². The zero-order valence-electron chi connectivity index (χ0n) is 13.9. The summed E-state index contributed by atoms with van der Waals surface area (Å²) >= 11 is 0. The van der Waals surface area contributed by atoms with Crippen LogP contribution in [-0.4, -0.2) is 56.5 Å². The summed E-state index contributed by atoms with van der Waals surface area (Å²) in [5.74, 6) is 0.641. The van der Waals surface area contributed by atoms with Crippen molar-refractivity contribution in [2.24, 2.45) is 11.7 Å². The van der Waals surface area contributed by atoms with E-state index in [0.29, 0.717) is 18.6 Å². The Morgan fingerprint density at radius 2 is 2.20 bits per heavy atom. The molecule has 1 heterocycles. The average molecular weight is 286 g/mol. The molecule has 120 valence electrons. The minimum atomic E-state index is 0.0981. The molecule has 0 aromatic carbocycles. The summed E-state index contributed by atoms with van der Waals surface area (Å²) in [6.07, 6.45) is 4.79. The SMILES string of the molecule is CCCC1CC(CN)(N(CCOC)CC(C)C)CCO1. The summed E-state index contributed by atoms with van der Waals surface area (Å²) in [6.45, 7) is 11.1. The molecule has 1 saturated heterocycles. The van der Waals surface area contributed by atoms with Crippen LogP contribution < -0.4 is 5.73 Å². The summed E-state index contributed by atoms with van der Waals surface area (Å²) in [6, 6.07) is 0. The van der Waals surface area contributed by atoms with Crippen molar-refractivity contribution in [3.05, 3.63) is 0 Å². The van der Waals surface area contributed by atoms with E-state index in [1.54, 1.807) is 7.11 Å². The van der Waals surface area contributed by atoms with E-state index in [4.69, 9.17) is 15.2 Å². The molecule has 1 fully saturated rings. The highest BCUT2D eigenvalue weighted by Gasteiger charge is 2.40. The first-order valence-electron chi connectivity index (χ1n) is 8.13. The van der Waals surface area contributed by atoms with Crippen LogP contribution in [0, 0.1) is 5.92 Å². The number of methoxy groups -OCH3 is 1. The first-order chi connectivity index (χ1) is 9.57. The predicted octanol–water partition coefficient (Wildman–Crippen LogP) is 2.27. The van der Waals surface area contributed by atoms with E-state index in [9.17, 15) is 0 Å². The fourth-order valence-electron chi connectivity index (χ4n) is 3.27. The number of ether oxygens (including phenoxy) is 2. The Kier molecular flexibility index (Phi) is 8.03. The standard InChI is InChI=1S/C16H34N2O2/c1-5-6-15-11-16(13-17,7-9-20-15)18(8-10-19-4)12-14(2)3/h14-15H,5-13,17H2,1-4H3. The lowest BCUT2D eigenvalue weighted by Crippen LogP contribution is -2.60. The van der Waals surface area contributed by atoms with Crippen LogP contribution in [0.3, 0.4) is 0 Å². The molecule has 0 amide bonds. The molecule has 2 unspecified atom stereocenters. The number of rotatable bonds is 9. The third-order valence-corrected chi connectivity index (χ3v) is 4.34. The van der Waals surface area contributed by atoms with Gasteiger partial charge in [-0.2, -0.15) is 0 Å². The van der Waals surface area contributed by atoms with Crippen LogP contribution in [0.4, 0.5) is 0 Å². The van der Waals surface area contributed by atoms with Crippen molar-refractivity contribution >= 4 is 0 Å². The number of hydrogen-bond donors (Lipinski definition) is 1. The molecular formula is C16H34N2O2. The highest BCUT2D eigenvalue weighted by Crippen LogP contribution is 2.32. The molecule has 20 heavy (non-hydrogen) atoms. The van der Waals surface area contributed by atoms with Gasteiger partial charge in [0.05, 0.1) is 12.7 Å². The maximum atomic E-state index is 6.21. The summed E-state index contributed by atoms with van der Waals surface area (Å²) in [7, 11) is 1.77. The number of nitrogens with zero attached hydrogens (tertiary/aromatic N) is 1. The van der Waals surface area contributed by atoms with Gasteiger partial charge in [0.25, 0.3) is 0 Å². The van der Waals surface area contributed by atoms with Crippen LogP contribution in [-0.2, 0) is 9.47 Å². The lowest BCUT2D eigenvalue weighted by atomic mass is 9.83. The molecule has 0 aromatic rings. The largest absolute Gasteiger partial charge is 0.383 e. The number of nitrogens with two attached hydrogens (primary N) is 1. The second-order valence-corrected chi connectivity index (χ2v) is 6.50. The van der Waals surface area contributed by atoms with E-state index in [0.717, 1.165) is 45.6 Å². The zero-order valence-corrected chi connectivity index (χ0v) is 13.9. The Hall–Kier alpha value is -0.160. The molecule has 1 aliphatic heterocycles. The van der Waals surface area contributed by atoms with Gasteiger partial charge in [-0.1, -0.05) is 27.2 Å². The topological polar surface area (TPSA) is 47.7 Å². The molecule has 2 N–H and O–H groups in total. The van der Waals surface area contributed by atoms with E-state index >= 15 is 0 Å². The van der Waals surface area contributed by atoms with Crippen molar-refractivity contribution in [1.82, 2.24) is 4.90 Å². The van der Waals surface area contributed by atoms with Crippen molar-refractivity contribution in [2.45, 2.75) is 58.1 Å². The molecule has 0 aliphatic carbocycles. The van der Waals surface area contributed by atoms with E-state index in [1.807, 2.05) is 0 Å². The molecular weight excluding hydrogens is 252 g/mol. The van der Waals surface area contributed by atoms with Gasteiger partial charge in [-0.25, -0.2) is 0 Å². The minimum Gasteiger partial charge on any atom is -0.383 e. The Morgan fingerprint density at radius 1 is 1.45 bits per heavy atom. The first kappa shape index (κ1) is 17.9. The molecule has 1 rings (SSSR count). The Balaban J connectivity index is 2.78. The van der Waals surface area contributed by atoms with Gasteiger partial charge in [-0.3, -0.25) is 4.90 Å². The molecule has 0 saturated carbocycles. The Bertz CT molecular complexity index is 259. The Labute approximate surface area is 125 Å². The molecule has 2 atom stereocenters. The summed E-state index contributed by atoms with van der Waals surface area (Å²) < 4.78 is 11.2. The van der Waals surface area contributed by atoms with Crippen molar-refractivity contribution in [3.8, 4) is 0 Å². The van der Waals surface area contributed by atoms with E-state index < -0.39 is 0 Å². The number of hydrogen-bond acceptors (Lipinski definition) is 4. The van der Waals surface area contributed by atoms with Crippen LogP contribution >= 0.6 is 0 Å². The van der Waals surface area contributed by atoms with E-state index in [-0.39, 0.29) is 5.54 Å². The van der Waals surface area contributed by atoms with Gasteiger partial charge >= 0.3 is 0 Å². The van der Waals surface area contributed by atoms with Crippen LogP contribution in [0.2, 0.25) is 0 Å². The van der Waals surface area contributed by atoms with Crippen molar-refractivity contribution in [3.63, 3.8) is 0 Å². The van der Waals surface area contributed by atoms with E-state index in [2.05, 4.69) is 25.7 Å². The minimum absolute atomic E-state index is 0.0981. The quantitative estimate of drug-likeness (QED) is 0.706. The van der Waals surface area contributed by atoms with Crippen molar-refractivity contribution in [2.75, 3.05) is 40.0 Å². The fraction of sp³-hybridized carbons (Fsp3) is 1.00. The van der Waals surface area contributed by atoms with Gasteiger partial charge in [0.1, 0.15) is 0 Å². The van der Waals surface area contributed by atoms with Crippen LogP contribution in [0.1, 0.15) is 46.5 Å². The molecule has 0 radical (unpaired) electrons. The Morgan fingerprint density at radius 3 is 2.75 bits per heavy atom. The van der Waals surface area contributed by atoms with Gasteiger partial charge in [-0.05, 0) is 25.2 Å². The maximum absolute atomic E-state index is 6.21. The summed E-state index contributed by atoms with van der Waals surface area (Å²) in [4.78, 5) is 2.56. The van der Waals surface area contributed by atoms with Gasteiger partial charge in [0.2, 0.25) is 0 Å². The summed E-state index contributed by atoms with van der Waals surface area (Å²) in [5, 5.41) is 0. The highest BCUT2D eigenvalue weighted by atomic mass is 16.5. The van der Waals surface area contributed by atoms with Crippen molar-refractivity contribution in [1.29, 1.82) is 0 Å². The molecule has 4 nitrogen and oxygen atoms in total. The lowest BCUT2D eigenvalue weighted by molar-refractivity contribution is -0.0805. The molecule has 0 aromatic heterocycles. The molecule has 0 spiro atoms. The third-order valence-electron chi connectivity index (χ3n) is 4.34. The fourth-order valence-corrected chi connectivity index (χ4v) is 3.27.